The van der Waals surface area contributed by atoms with Crippen molar-refractivity contribution in [3.05, 3.63) is 73.4 Å². The Morgan fingerprint density at radius 1 is 1.12 bits per heavy atom. The van der Waals surface area contributed by atoms with E-state index in [-0.39, 0.29) is 12.6 Å². The number of hydrogen-bond acceptors (Lipinski definition) is 7. The van der Waals surface area contributed by atoms with Gasteiger partial charge >= 0.3 is 17.9 Å². The minimum absolute atomic E-state index is 0.158. The maximum Gasteiger partial charge on any atom is 0.344 e. The second-order valence-corrected chi connectivity index (χ2v) is 5.24. The quantitative estimate of drug-likeness (QED) is 0.122. The van der Waals surface area contributed by atoms with Crippen LogP contribution in [0, 0.1) is 11.3 Å². The zero-order valence-corrected chi connectivity index (χ0v) is 18.4. The fraction of sp³-hybridized carbons (Fsp3) is 0.250. The van der Waals surface area contributed by atoms with Crippen molar-refractivity contribution in [2.45, 2.75) is 26.7 Å². The number of nitriles is 1. The van der Waals surface area contributed by atoms with Gasteiger partial charge in [-0.25, -0.2) is 19.2 Å². The lowest BCUT2D eigenvalue weighted by atomic mass is 10.2. The van der Waals surface area contributed by atoms with Gasteiger partial charge < -0.3 is 14.6 Å². The molecule has 0 atom stereocenters. The van der Waals surface area contributed by atoms with E-state index < -0.39 is 17.5 Å². The van der Waals surface area contributed by atoms with Crippen molar-refractivity contribution in [3.63, 3.8) is 0 Å². The summed E-state index contributed by atoms with van der Waals surface area (Å²) < 4.78 is 9.02. The largest absolute Gasteiger partial charge is 0.477 e. The van der Waals surface area contributed by atoms with E-state index in [1.807, 2.05) is 43.3 Å². The summed E-state index contributed by atoms with van der Waals surface area (Å²) >= 11 is 0. The van der Waals surface area contributed by atoms with E-state index in [2.05, 4.69) is 29.2 Å². The summed E-state index contributed by atoms with van der Waals surface area (Å²) in [6.07, 6.45) is 5.74. The van der Waals surface area contributed by atoms with Gasteiger partial charge in [0.2, 0.25) is 0 Å². The zero-order chi connectivity index (χ0) is 25.2. The highest BCUT2D eigenvalue weighted by atomic mass is 16.5. The Morgan fingerprint density at radius 2 is 1.72 bits per heavy atom. The summed E-state index contributed by atoms with van der Waals surface area (Å²) in [6, 6.07) is 11.5. The molecule has 172 valence electrons. The minimum atomic E-state index is -1.35. The van der Waals surface area contributed by atoms with Gasteiger partial charge in [0.1, 0.15) is 17.6 Å². The second-order valence-electron chi connectivity index (χ2n) is 5.24. The third-order valence-corrected chi connectivity index (χ3v) is 2.85. The SMILES string of the molecule is C=C(C(=O)O)C(=O)OCC.C=CC(=O)OCCCC.C=Cc1ccccc1.N#CC=C=O. The molecule has 1 rings (SSSR count). The molecule has 0 bridgehead atoms. The van der Waals surface area contributed by atoms with Crippen LogP contribution in [0.2, 0.25) is 0 Å². The van der Waals surface area contributed by atoms with Crippen molar-refractivity contribution in [1.29, 1.82) is 5.26 Å². The maximum atomic E-state index is 10.5. The average Bonchev–Trinajstić information content (AvgIpc) is 2.81. The van der Waals surface area contributed by atoms with Gasteiger partial charge in [-0.3, -0.25) is 0 Å². The van der Waals surface area contributed by atoms with Gasteiger partial charge in [-0.1, -0.05) is 69.5 Å². The molecule has 0 radical (unpaired) electrons. The minimum Gasteiger partial charge on any atom is -0.477 e. The number of unbranched alkanes of at least 4 members (excludes halogenated alkanes) is 1. The van der Waals surface area contributed by atoms with Crippen LogP contribution in [0.3, 0.4) is 0 Å². The first kappa shape index (κ1) is 32.5. The van der Waals surface area contributed by atoms with E-state index >= 15 is 0 Å². The Bertz CT molecular complexity index is 801. The van der Waals surface area contributed by atoms with Crippen LogP contribution in [-0.4, -0.2) is 42.2 Å². The number of carboxylic acid groups (broad SMARTS) is 1. The number of allylic oxidation sites excluding steroid dienone is 1. The van der Waals surface area contributed by atoms with E-state index in [4.69, 9.17) is 15.2 Å². The lowest BCUT2D eigenvalue weighted by Gasteiger charge is -1.98. The van der Waals surface area contributed by atoms with Gasteiger partial charge in [-0.2, -0.15) is 5.26 Å². The molecule has 1 N–H and O–H groups in total. The van der Waals surface area contributed by atoms with Gasteiger partial charge in [-0.05, 0) is 18.9 Å². The zero-order valence-electron chi connectivity index (χ0n) is 18.4. The monoisotopic (exact) mass is 443 g/mol. The summed E-state index contributed by atoms with van der Waals surface area (Å²) in [4.78, 5) is 39.8. The summed E-state index contributed by atoms with van der Waals surface area (Å²) in [7, 11) is 0. The molecule has 0 saturated carbocycles. The Hall–Kier alpha value is -4.21. The molecule has 0 aliphatic rings. The predicted molar refractivity (Wildman–Crippen MR) is 122 cm³/mol. The van der Waals surface area contributed by atoms with Gasteiger partial charge in [0.15, 0.2) is 0 Å². The first-order valence-corrected chi connectivity index (χ1v) is 9.40. The molecule has 0 aromatic heterocycles. The molecule has 0 unspecified atom stereocenters. The van der Waals surface area contributed by atoms with Gasteiger partial charge in [0.25, 0.3) is 0 Å². The standard InChI is InChI=1S/C8H8.C7H12O2.C6H8O4.C3HNO/c1-2-8-6-4-3-5-7-8;1-3-5-6-9-7(8)4-2;1-3-10-6(9)4(2)5(7)8;4-2-1-3-5/h2-7H,1H2;4H,2-3,5-6H2,1H3;2-3H2,1H3,(H,7,8);1H. The van der Waals surface area contributed by atoms with Crippen molar-refractivity contribution >= 4 is 29.9 Å². The smallest absolute Gasteiger partial charge is 0.344 e. The van der Waals surface area contributed by atoms with Crippen molar-refractivity contribution in [1.82, 2.24) is 0 Å². The predicted octanol–water partition coefficient (Wildman–Crippen LogP) is 3.93. The molecule has 8 heteroatoms. The topological polar surface area (TPSA) is 131 Å². The molecule has 32 heavy (non-hydrogen) atoms. The van der Waals surface area contributed by atoms with E-state index in [0.717, 1.165) is 18.9 Å². The van der Waals surface area contributed by atoms with Crippen LogP contribution in [0.25, 0.3) is 6.08 Å². The number of carboxylic acids is 1. The lowest BCUT2D eigenvalue weighted by molar-refractivity contribution is -0.144. The first-order valence-electron chi connectivity index (χ1n) is 9.40. The summed E-state index contributed by atoms with van der Waals surface area (Å²) in [5.74, 6) is -1.28. The number of benzene rings is 1. The van der Waals surface area contributed by atoms with Crippen LogP contribution in [0.1, 0.15) is 32.3 Å². The van der Waals surface area contributed by atoms with E-state index in [0.29, 0.717) is 6.61 Å². The normalized spacial score (nSPS) is 7.78. The third kappa shape index (κ3) is 23.8. The van der Waals surface area contributed by atoms with E-state index in [9.17, 15) is 14.4 Å². The molecule has 0 saturated heterocycles. The average molecular weight is 443 g/mol. The molecule has 1 aromatic carbocycles. The number of carbonyl (C=O) groups is 3. The fourth-order valence-corrected chi connectivity index (χ4v) is 1.30. The number of esters is 2. The molecule has 1 aromatic rings. The highest BCUT2D eigenvalue weighted by molar-refractivity contribution is 6.12. The number of nitrogens with zero attached hydrogens (tertiary/aromatic N) is 1. The fourth-order valence-electron chi connectivity index (χ4n) is 1.30. The first-order chi connectivity index (χ1) is 15.2. The van der Waals surface area contributed by atoms with E-state index in [1.165, 1.54) is 23.7 Å². The Kier molecular flexibility index (Phi) is 25.2. The van der Waals surface area contributed by atoms with Crippen molar-refractivity contribution in [2.24, 2.45) is 0 Å². The van der Waals surface area contributed by atoms with Gasteiger partial charge in [-0.15, -0.1) is 0 Å². The molecule has 0 amide bonds. The molecule has 0 fully saturated rings. The van der Waals surface area contributed by atoms with Crippen LogP contribution >= 0.6 is 0 Å². The van der Waals surface area contributed by atoms with Crippen molar-refractivity contribution in [2.75, 3.05) is 13.2 Å². The Balaban J connectivity index is -0.000000359. The Labute approximate surface area is 188 Å². The number of ether oxygens (including phenoxy) is 2. The second kappa shape index (κ2) is 24.8. The molecule has 0 aliphatic carbocycles. The summed E-state index contributed by atoms with van der Waals surface area (Å²) in [5, 5.41) is 15.7. The Morgan fingerprint density at radius 3 is 2.03 bits per heavy atom. The van der Waals surface area contributed by atoms with Crippen LogP contribution < -0.4 is 0 Å². The van der Waals surface area contributed by atoms with Gasteiger partial charge in [0, 0.05) is 6.08 Å². The van der Waals surface area contributed by atoms with E-state index in [1.54, 1.807) is 6.92 Å². The van der Waals surface area contributed by atoms with Crippen LogP contribution in [0.15, 0.2) is 67.8 Å². The molecule has 0 aliphatic heterocycles. The van der Waals surface area contributed by atoms with Crippen LogP contribution in [-0.2, 0) is 28.7 Å². The number of aliphatic carboxylic acids is 1. The number of carbonyl (C=O) groups excluding carboxylic acids is 3. The number of hydrogen-bond donors (Lipinski definition) is 1. The van der Waals surface area contributed by atoms with Crippen LogP contribution in [0.5, 0.6) is 0 Å². The molecule has 0 spiro atoms. The molecular formula is C24H29NO7. The molecule has 8 nitrogen and oxygen atoms in total. The summed E-state index contributed by atoms with van der Waals surface area (Å²) in [5.41, 5.74) is 0.634. The molecular weight excluding hydrogens is 414 g/mol. The van der Waals surface area contributed by atoms with Crippen molar-refractivity contribution in [3.8, 4) is 6.07 Å². The number of rotatable bonds is 8. The van der Waals surface area contributed by atoms with Crippen LogP contribution in [0.4, 0.5) is 0 Å². The van der Waals surface area contributed by atoms with Gasteiger partial charge in [0.05, 0.1) is 19.3 Å². The van der Waals surface area contributed by atoms with Crippen molar-refractivity contribution < 1.29 is 33.8 Å². The third-order valence-electron chi connectivity index (χ3n) is 2.85. The molecule has 0 heterocycles. The highest BCUT2D eigenvalue weighted by Gasteiger charge is 2.14. The summed E-state index contributed by atoms with van der Waals surface area (Å²) in [6.45, 7) is 14.2. The lowest BCUT2D eigenvalue weighted by Crippen LogP contribution is -2.13. The highest BCUT2D eigenvalue weighted by Crippen LogP contribution is 1.97. The maximum absolute atomic E-state index is 10.5.